The van der Waals surface area contributed by atoms with Crippen molar-refractivity contribution in [2.75, 3.05) is 13.1 Å². The molecule has 0 bridgehead atoms. The first kappa shape index (κ1) is 13.2. The molecule has 6 heteroatoms. The Morgan fingerprint density at radius 1 is 1.53 bits per heavy atom. The molecule has 0 fully saturated rings. The summed E-state index contributed by atoms with van der Waals surface area (Å²) in [6, 6.07) is 1.67. The number of aryl methyl sites for hydroxylation is 1. The SMILES string of the molecule is CCCN(CC(=O)O)C(=O)Cc1cc(C)on1. The fourth-order valence-corrected chi connectivity index (χ4v) is 1.49. The van der Waals surface area contributed by atoms with Crippen molar-refractivity contribution in [3.63, 3.8) is 0 Å². The molecule has 0 aliphatic heterocycles. The zero-order chi connectivity index (χ0) is 12.8. The predicted octanol–water partition coefficient (Wildman–Crippen LogP) is 0.849. The summed E-state index contributed by atoms with van der Waals surface area (Å²) in [5.41, 5.74) is 0.527. The van der Waals surface area contributed by atoms with E-state index in [2.05, 4.69) is 5.16 Å². The van der Waals surface area contributed by atoms with Crippen LogP contribution in [0.2, 0.25) is 0 Å². The second-order valence-electron chi connectivity index (χ2n) is 3.81. The number of amides is 1. The maximum atomic E-state index is 11.8. The fourth-order valence-electron chi connectivity index (χ4n) is 1.49. The van der Waals surface area contributed by atoms with E-state index in [-0.39, 0.29) is 18.9 Å². The number of hydrogen-bond donors (Lipinski definition) is 1. The zero-order valence-electron chi connectivity index (χ0n) is 9.97. The van der Waals surface area contributed by atoms with E-state index in [9.17, 15) is 9.59 Å². The molecule has 17 heavy (non-hydrogen) atoms. The Hall–Kier alpha value is -1.85. The molecule has 0 unspecified atom stereocenters. The highest BCUT2D eigenvalue weighted by Crippen LogP contribution is 2.05. The number of hydrogen-bond acceptors (Lipinski definition) is 4. The van der Waals surface area contributed by atoms with Gasteiger partial charge in [-0.2, -0.15) is 0 Å². The highest BCUT2D eigenvalue weighted by atomic mass is 16.5. The highest BCUT2D eigenvalue weighted by Gasteiger charge is 2.17. The second kappa shape index (κ2) is 6.03. The first-order chi connectivity index (χ1) is 8.02. The third-order valence-corrected chi connectivity index (χ3v) is 2.18. The molecule has 1 aromatic rings. The summed E-state index contributed by atoms with van der Waals surface area (Å²) in [4.78, 5) is 23.8. The lowest BCUT2D eigenvalue weighted by molar-refractivity contribution is -0.144. The molecule has 0 saturated carbocycles. The Morgan fingerprint density at radius 3 is 2.71 bits per heavy atom. The standard InChI is InChI=1S/C11H16N2O4/c1-3-4-13(7-11(15)16)10(14)6-9-5-8(2)17-12-9/h5H,3-4,6-7H2,1-2H3,(H,15,16). The van der Waals surface area contributed by atoms with E-state index in [1.165, 1.54) is 4.90 Å². The van der Waals surface area contributed by atoms with Crippen molar-refractivity contribution in [3.05, 3.63) is 17.5 Å². The fraction of sp³-hybridized carbons (Fsp3) is 0.545. The van der Waals surface area contributed by atoms with Crippen molar-refractivity contribution in [3.8, 4) is 0 Å². The minimum atomic E-state index is -1.01. The Labute approximate surface area is 99.2 Å². The summed E-state index contributed by atoms with van der Waals surface area (Å²) < 4.78 is 4.85. The molecule has 1 N–H and O–H groups in total. The van der Waals surface area contributed by atoms with Crippen molar-refractivity contribution in [1.29, 1.82) is 0 Å². The average molecular weight is 240 g/mol. The summed E-state index contributed by atoms with van der Waals surface area (Å²) in [7, 11) is 0. The average Bonchev–Trinajstić information content (AvgIpc) is 2.62. The molecule has 0 aliphatic carbocycles. The maximum absolute atomic E-state index is 11.8. The van der Waals surface area contributed by atoms with E-state index < -0.39 is 5.97 Å². The maximum Gasteiger partial charge on any atom is 0.323 e. The van der Waals surface area contributed by atoms with Gasteiger partial charge in [0, 0.05) is 12.6 Å². The number of carbonyl (C=O) groups is 2. The number of carboxylic acids is 1. The van der Waals surface area contributed by atoms with E-state index in [0.717, 1.165) is 6.42 Å². The summed E-state index contributed by atoms with van der Waals surface area (Å²) in [6.07, 6.45) is 0.793. The van der Waals surface area contributed by atoms with E-state index in [4.69, 9.17) is 9.63 Å². The van der Waals surface area contributed by atoms with E-state index >= 15 is 0 Å². The van der Waals surface area contributed by atoms with Crippen LogP contribution in [0.15, 0.2) is 10.6 Å². The zero-order valence-corrected chi connectivity index (χ0v) is 9.97. The van der Waals surface area contributed by atoms with Crippen LogP contribution in [0, 0.1) is 6.92 Å². The van der Waals surface area contributed by atoms with Gasteiger partial charge >= 0.3 is 5.97 Å². The summed E-state index contributed by atoms with van der Waals surface area (Å²) in [5, 5.41) is 12.4. The first-order valence-corrected chi connectivity index (χ1v) is 5.44. The van der Waals surface area contributed by atoms with Crippen LogP contribution in [0.4, 0.5) is 0 Å². The number of carbonyl (C=O) groups excluding carboxylic acids is 1. The summed E-state index contributed by atoms with van der Waals surface area (Å²) >= 11 is 0. The number of aromatic nitrogens is 1. The van der Waals surface area contributed by atoms with Crippen molar-refractivity contribution < 1.29 is 19.2 Å². The monoisotopic (exact) mass is 240 g/mol. The molecule has 0 aliphatic rings. The predicted molar refractivity (Wildman–Crippen MR) is 59.5 cm³/mol. The number of rotatable bonds is 6. The lowest BCUT2D eigenvalue weighted by Gasteiger charge is -2.19. The number of aliphatic carboxylic acids is 1. The van der Waals surface area contributed by atoms with Gasteiger partial charge in [-0.1, -0.05) is 12.1 Å². The molecule has 0 spiro atoms. The molecule has 0 atom stereocenters. The second-order valence-corrected chi connectivity index (χ2v) is 3.81. The third-order valence-electron chi connectivity index (χ3n) is 2.18. The van der Waals surface area contributed by atoms with Gasteiger partial charge in [-0.05, 0) is 13.3 Å². The first-order valence-electron chi connectivity index (χ1n) is 5.44. The van der Waals surface area contributed by atoms with Gasteiger partial charge in [-0.25, -0.2) is 0 Å². The molecule has 1 heterocycles. The lowest BCUT2D eigenvalue weighted by atomic mass is 10.2. The molecule has 0 aromatic carbocycles. The third kappa shape index (κ3) is 4.26. The van der Waals surface area contributed by atoms with Crippen molar-refractivity contribution in [2.45, 2.75) is 26.7 Å². The van der Waals surface area contributed by atoms with Crippen LogP contribution in [-0.2, 0) is 16.0 Å². The van der Waals surface area contributed by atoms with E-state index in [1.807, 2.05) is 6.92 Å². The summed E-state index contributed by atoms with van der Waals surface area (Å²) in [6.45, 7) is 3.79. The van der Waals surface area contributed by atoms with Crippen LogP contribution in [0.25, 0.3) is 0 Å². The van der Waals surface area contributed by atoms with Gasteiger partial charge in [-0.3, -0.25) is 9.59 Å². The van der Waals surface area contributed by atoms with Crippen molar-refractivity contribution >= 4 is 11.9 Å². The lowest BCUT2D eigenvalue weighted by Crippen LogP contribution is -2.37. The molecular weight excluding hydrogens is 224 g/mol. The summed E-state index contributed by atoms with van der Waals surface area (Å²) in [5.74, 6) is -0.626. The van der Waals surface area contributed by atoms with Crippen LogP contribution < -0.4 is 0 Å². The van der Waals surface area contributed by atoms with Crippen LogP contribution in [0.3, 0.4) is 0 Å². The molecule has 0 saturated heterocycles. The van der Waals surface area contributed by atoms with E-state index in [0.29, 0.717) is 18.0 Å². The van der Waals surface area contributed by atoms with Gasteiger partial charge in [0.15, 0.2) is 0 Å². The number of nitrogens with zero attached hydrogens (tertiary/aromatic N) is 2. The molecule has 1 rings (SSSR count). The van der Waals surface area contributed by atoms with Crippen molar-refractivity contribution in [2.24, 2.45) is 0 Å². The number of carboxylic acid groups (broad SMARTS) is 1. The Bertz CT molecular complexity index is 400. The van der Waals surface area contributed by atoms with Gasteiger partial charge in [0.25, 0.3) is 0 Å². The smallest absolute Gasteiger partial charge is 0.323 e. The van der Waals surface area contributed by atoms with Crippen LogP contribution >= 0.6 is 0 Å². The largest absolute Gasteiger partial charge is 0.480 e. The van der Waals surface area contributed by atoms with Crippen LogP contribution in [-0.4, -0.2) is 40.1 Å². The van der Waals surface area contributed by atoms with Gasteiger partial charge in [0.2, 0.25) is 5.91 Å². The van der Waals surface area contributed by atoms with E-state index in [1.54, 1.807) is 13.0 Å². The molecule has 1 aromatic heterocycles. The molecule has 0 radical (unpaired) electrons. The van der Waals surface area contributed by atoms with Crippen LogP contribution in [0.5, 0.6) is 0 Å². The molecule has 94 valence electrons. The van der Waals surface area contributed by atoms with Crippen molar-refractivity contribution in [1.82, 2.24) is 10.1 Å². The Kier molecular flexibility index (Phi) is 4.68. The minimum Gasteiger partial charge on any atom is -0.480 e. The topological polar surface area (TPSA) is 83.6 Å². The normalized spacial score (nSPS) is 10.2. The molecular formula is C11H16N2O4. The highest BCUT2D eigenvalue weighted by molar-refractivity contribution is 5.82. The van der Waals surface area contributed by atoms with Gasteiger partial charge < -0.3 is 14.5 Å². The molecule has 6 nitrogen and oxygen atoms in total. The van der Waals surface area contributed by atoms with Gasteiger partial charge in [0.1, 0.15) is 12.3 Å². The van der Waals surface area contributed by atoms with Gasteiger partial charge in [0.05, 0.1) is 12.1 Å². The van der Waals surface area contributed by atoms with Gasteiger partial charge in [-0.15, -0.1) is 0 Å². The van der Waals surface area contributed by atoms with Crippen LogP contribution in [0.1, 0.15) is 24.8 Å². The Balaban J connectivity index is 2.61. The quantitative estimate of drug-likeness (QED) is 0.796. The molecule has 1 amide bonds. The minimum absolute atomic E-state index is 0.0740. The Morgan fingerprint density at radius 2 is 2.24 bits per heavy atom.